The largest absolute Gasteiger partial charge is 0.497 e. The molecular formula is C22H23NO2. The van der Waals surface area contributed by atoms with Crippen LogP contribution in [0.25, 0.3) is 0 Å². The average Bonchev–Trinajstić information content (AvgIpc) is 2.69. The Balaban J connectivity index is 2.14. The van der Waals surface area contributed by atoms with Crippen LogP contribution in [0.15, 0.2) is 79.0 Å². The van der Waals surface area contributed by atoms with Gasteiger partial charge in [-0.3, -0.25) is 4.98 Å². The summed E-state index contributed by atoms with van der Waals surface area (Å²) in [6.45, 7) is 2.00. The molecule has 0 saturated heterocycles. The van der Waals surface area contributed by atoms with Crippen molar-refractivity contribution in [3.05, 3.63) is 95.8 Å². The van der Waals surface area contributed by atoms with E-state index in [-0.39, 0.29) is 5.92 Å². The molecule has 3 nitrogen and oxygen atoms in total. The highest BCUT2D eigenvalue weighted by Crippen LogP contribution is 2.43. The summed E-state index contributed by atoms with van der Waals surface area (Å²) in [5.74, 6) is 0.518. The van der Waals surface area contributed by atoms with Crippen LogP contribution in [0.1, 0.15) is 36.1 Å². The van der Waals surface area contributed by atoms with Crippen molar-refractivity contribution in [2.45, 2.75) is 24.9 Å². The zero-order valence-electron chi connectivity index (χ0n) is 14.6. The van der Waals surface area contributed by atoms with Crippen LogP contribution in [0.3, 0.4) is 0 Å². The van der Waals surface area contributed by atoms with E-state index in [0.29, 0.717) is 6.42 Å². The molecule has 0 amide bonds. The van der Waals surface area contributed by atoms with Gasteiger partial charge in [-0.05, 0) is 41.8 Å². The van der Waals surface area contributed by atoms with Gasteiger partial charge in [-0.1, -0.05) is 55.5 Å². The topological polar surface area (TPSA) is 42.4 Å². The molecule has 0 saturated carbocycles. The monoisotopic (exact) mass is 333 g/mol. The molecule has 0 aliphatic carbocycles. The number of nitrogens with zero attached hydrogens (tertiary/aromatic N) is 1. The van der Waals surface area contributed by atoms with Gasteiger partial charge in [-0.2, -0.15) is 0 Å². The van der Waals surface area contributed by atoms with Crippen LogP contribution in [0.5, 0.6) is 5.75 Å². The number of ether oxygens (including phenoxy) is 1. The Kier molecular flexibility index (Phi) is 5.15. The van der Waals surface area contributed by atoms with Gasteiger partial charge in [0.15, 0.2) is 0 Å². The number of rotatable bonds is 6. The number of hydrogen-bond donors (Lipinski definition) is 1. The number of hydrogen-bond acceptors (Lipinski definition) is 3. The first-order valence-corrected chi connectivity index (χ1v) is 8.52. The standard InChI is InChI=1S/C22H23NO2/c1-3-22(24,18-12-14-19(25-2)15-13-18)21(17-9-5-4-6-10-17)20-11-7-8-16-23-20/h4-16,21,24H,3H2,1-2H3/t21-,22+/m1/s1. The summed E-state index contributed by atoms with van der Waals surface area (Å²) in [6, 6.07) is 23.5. The molecule has 128 valence electrons. The number of pyridine rings is 1. The summed E-state index contributed by atoms with van der Waals surface area (Å²) in [5.41, 5.74) is 1.69. The van der Waals surface area contributed by atoms with E-state index in [9.17, 15) is 5.11 Å². The van der Waals surface area contributed by atoms with Crippen LogP contribution in [0.4, 0.5) is 0 Å². The van der Waals surface area contributed by atoms with Crippen LogP contribution in [-0.2, 0) is 5.60 Å². The fourth-order valence-electron chi connectivity index (χ4n) is 3.34. The fraction of sp³-hybridized carbons (Fsp3) is 0.227. The third-order valence-electron chi connectivity index (χ3n) is 4.72. The molecule has 1 aromatic heterocycles. The minimum absolute atomic E-state index is 0.256. The van der Waals surface area contributed by atoms with Gasteiger partial charge < -0.3 is 9.84 Å². The van der Waals surface area contributed by atoms with Crippen LogP contribution in [0.2, 0.25) is 0 Å². The van der Waals surface area contributed by atoms with Crippen molar-refractivity contribution in [1.82, 2.24) is 4.98 Å². The maximum Gasteiger partial charge on any atom is 0.118 e. The summed E-state index contributed by atoms with van der Waals surface area (Å²) in [5, 5.41) is 11.7. The highest BCUT2D eigenvalue weighted by molar-refractivity contribution is 5.39. The SMILES string of the molecule is CC[C@](O)(c1ccc(OC)cc1)[C@H](c1ccccc1)c1ccccn1. The summed E-state index contributed by atoms with van der Waals surface area (Å²) >= 11 is 0. The lowest BCUT2D eigenvalue weighted by atomic mass is 9.74. The van der Waals surface area contributed by atoms with Gasteiger partial charge in [0.25, 0.3) is 0 Å². The Morgan fingerprint density at radius 1 is 0.960 bits per heavy atom. The summed E-state index contributed by atoms with van der Waals surface area (Å²) < 4.78 is 5.25. The molecule has 0 fully saturated rings. The van der Waals surface area contributed by atoms with Gasteiger partial charge in [-0.15, -0.1) is 0 Å². The predicted molar refractivity (Wildman–Crippen MR) is 99.7 cm³/mol. The van der Waals surface area contributed by atoms with E-state index in [0.717, 1.165) is 22.6 Å². The van der Waals surface area contributed by atoms with Crippen molar-refractivity contribution in [2.75, 3.05) is 7.11 Å². The van der Waals surface area contributed by atoms with E-state index in [4.69, 9.17) is 4.74 Å². The smallest absolute Gasteiger partial charge is 0.118 e. The van der Waals surface area contributed by atoms with Gasteiger partial charge >= 0.3 is 0 Å². The molecule has 0 aliphatic heterocycles. The third-order valence-corrected chi connectivity index (χ3v) is 4.72. The van der Waals surface area contributed by atoms with Crippen molar-refractivity contribution in [2.24, 2.45) is 0 Å². The van der Waals surface area contributed by atoms with Gasteiger partial charge in [0.1, 0.15) is 11.4 Å². The Bertz CT molecular complexity index is 748. The molecule has 1 heterocycles. The lowest BCUT2D eigenvalue weighted by molar-refractivity contribution is 0.0139. The summed E-state index contributed by atoms with van der Waals surface area (Å²) in [6.07, 6.45) is 2.34. The lowest BCUT2D eigenvalue weighted by Crippen LogP contribution is -2.34. The van der Waals surface area contributed by atoms with Crippen LogP contribution < -0.4 is 4.74 Å². The lowest BCUT2D eigenvalue weighted by Gasteiger charge is -2.36. The molecule has 2 atom stereocenters. The zero-order valence-corrected chi connectivity index (χ0v) is 14.6. The summed E-state index contributed by atoms with van der Waals surface area (Å²) in [4.78, 5) is 4.54. The molecule has 3 aromatic rings. The number of aliphatic hydroxyl groups is 1. The second-order valence-electron chi connectivity index (χ2n) is 6.10. The molecular weight excluding hydrogens is 310 g/mol. The second-order valence-corrected chi connectivity index (χ2v) is 6.10. The molecule has 1 N–H and O–H groups in total. The van der Waals surface area contributed by atoms with Gasteiger partial charge in [0, 0.05) is 6.20 Å². The second kappa shape index (κ2) is 7.49. The number of methoxy groups -OCH3 is 1. The summed E-state index contributed by atoms with van der Waals surface area (Å²) in [7, 11) is 1.64. The fourth-order valence-corrected chi connectivity index (χ4v) is 3.34. The van der Waals surface area contributed by atoms with E-state index < -0.39 is 5.60 Å². The van der Waals surface area contributed by atoms with Crippen molar-refractivity contribution in [1.29, 1.82) is 0 Å². The Morgan fingerprint density at radius 3 is 2.20 bits per heavy atom. The quantitative estimate of drug-likeness (QED) is 0.721. The first-order valence-electron chi connectivity index (χ1n) is 8.52. The van der Waals surface area contributed by atoms with Gasteiger partial charge in [0.05, 0.1) is 18.7 Å². The van der Waals surface area contributed by atoms with Crippen molar-refractivity contribution >= 4 is 0 Å². The molecule has 3 rings (SSSR count). The predicted octanol–water partition coefficient (Wildman–Crippen LogP) is 4.52. The Labute approximate surface area is 148 Å². The van der Waals surface area contributed by atoms with Gasteiger partial charge in [-0.25, -0.2) is 0 Å². The zero-order chi connectivity index (χ0) is 17.7. The van der Waals surface area contributed by atoms with Crippen LogP contribution in [-0.4, -0.2) is 17.2 Å². The molecule has 0 unspecified atom stereocenters. The minimum Gasteiger partial charge on any atom is -0.497 e. The van der Waals surface area contributed by atoms with E-state index in [2.05, 4.69) is 4.98 Å². The number of benzene rings is 2. The van der Waals surface area contributed by atoms with E-state index in [1.165, 1.54) is 0 Å². The highest BCUT2D eigenvalue weighted by atomic mass is 16.5. The third kappa shape index (κ3) is 3.42. The van der Waals surface area contributed by atoms with Crippen molar-refractivity contribution in [3.63, 3.8) is 0 Å². The normalized spacial score (nSPS) is 14.5. The van der Waals surface area contributed by atoms with Crippen LogP contribution in [0, 0.1) is 0 Å². The maximum atomic E-state index is 11.7. The van der Waals surface area contributed by atoms with Gasteiger partial charge in [0.2, 0.25) is 0 Å². The Morgan fingerprint density at radius 2 is 1.64 bits per heavy atom. The van der Waals surface area contributed by atoms with Crippen molar-refractivity contribution in [3.8, 4) is 5.75 Å². The van der Waals surface area contributed by atoms with Crippen molar-refractivity contribution < 1.29 is 9.84 Å². The molecule has 0 bridgehead atoms. The molecule has 2 aromatic carbocycles. The average molecular weight is 333 g/mol. The van der Waals surface area contributed by atoms with E-state index in [1.54, 1.807) is 13.3 Å². The molecule has 25 heavy (non-hydrogen) atoms. The first kappa shape index (κ1) is 17.2. The van der Waals surface area contributed by atoms with E-state index in [1.807, 2.05) is 79.7 Å². The number of aromatic nitrogens is 1. The molecule has 0 aliphatic rings. The first-order chi connectivity index (χ1) is 12.2. The molecule has 0 spiro atoms. The molecule has 0 radical (unpaired) electrons. The molecule has 3 heteroatoms. The maximum absolute atomic E-state index is 11.7. The van der Waals surface area contributed by atoms with E-state index >= 15 is 0 Å². The Hall–Kier alpha value is -2.65. The van der Waals surface area contributed by atoms with Crippen LogP contribution >= 0.6 is 0 Å². The highest BCUT2D eigenvalue weighted by Gasteiger charge is 2.39. The minimum atomic E-state index is -1.07.